The maximum absolute atomic E-state index is 12.5. The third-order valence-electron chi connectivity index (χ3n) is 3.54. The van der Waals surface area contributed by atoms with Crippen LogP contribution >= 0.6 is 0 Å². The number of aromatic carboxylic acids is 1. The second kappa shape index (κ2) is 5.88. The Morgan fingerprint density at radius 3 is 2.52 bits per heavy atom. The lowest BCUT2D eigenvalue weighted by Gasteiger charge is -2.17. The Kier molecular flexibility index (Phi) is 3.76. The van der Waals surface area contributed by atoms with Crippen molar-refractivity contribution < 1.29 is 14.7 Å². The molecule has 0 fully saturated rings. The van der Waals surface area contributed by atoms with E-state index in [4.69, 9.17) is 5.11 Å². The van der Waals surface area contributed by atoms with Crippen molar-refractivity contribution in [2.24, 2.45) is 0 Å². The van der Waals surface area contributed by atoms with Crippen LogP contribution in [0.2, 0.25) is 0 Å². The number of fused-ring (bicyclic) bond motifs is 1. The zero-order chi connectivity index (χ0) is 16.4. The number of carboxylic acid groups (broad SMARTS) is 1. The highest BCUT2D eigenvalue weighted by Gasteiger charge is 2.13. The van der Waals surface area contributed by atoms with Gasteiger partial charge in [0.15, 0.2) is 0 Å². The molecular weight excluding hydrogens is 296 g/mol. The number of aromatic amines is 1. The van der Waals surface area contributed by atoms with E-state index in [0.717, 1.165) is 11.1 Å². The Bertz CT molecular complexity index is 870. The van der Waals surface area contributed by atoms with Crippen LogP contribution in [0.15, 0.2) is 42.5 Å². The fraction of sp³-hybridized carbons (Fsp3) is 0.125. The largest absolute Gasteiger partial charge is 0.478 e. The highest BCUT2D eigenvalue weighted by molar-refractivity contribution is 5.97. The van der Waals surface area contributed by atoms with E-state index in [0.29, 0.717) is 17.6 Å². The topological polar surface area (TPSA) is 99.2 Å². The van der Waals surface area contributed by atoms with Gasteiger partial charge in [0.1, 0.15) is 5.52 Å². The summed E-state index contributed by atoms with van der Waals surface area (Å²) in [7, 11) is 1.69. The first-order valence-electron chi connectivity index (χ1n) is 6.93. The number of rotatable bonds is 4. The highest BCUT2D eigenvalue weighted by Crippen LogP contribution is 2.14. The number of amides is 1. The highest BCUT2D eigenvalue weighted by atomic mass is 16.4. The van der Waals surface area contributed by atoms with E-state index in [-0.39, 0.29) is 11.5 Å². The molecule has 0 aliphatic carbocycles. The summed E-state index contributed by atoms with van der Waals surface area (Å²) in [5.74, 6) is -1.11. The van der Waals surface area contributed by atoms with Gasteiger partial charge >= 0.3 is 5.97 Å². The first kappa shape index (κ1) is 14.7. The summed E-state index contributed by atoms with van der Waals surface area (Å²) in [5, 5.41) is 19.2. The molecule has 1 heterocycles. The molecule has 7 heteroatoms. The van der Waals surface area contributed by atoms with Gasteiger partial charge in [-0.05, 0) is 35.9 Å². The van der Waals surface area contributed by atoms with Crippen molar-refractivity contribution in [1.82, 2.24) is 20.3 Å². The number of hydrogen-bond acceptors (Lipinski definition) is 4. The minimum absolute atomic E-state index is 0.141. The lowest BCUT2D eigenvalue weighted by molar-refractivity contribution is 0.0695. The fourth-order valence-electron chi connectivity index (χ4n) is 2.29. The Morgan fingerprint density at radius 2 is 1.83 bits per heavy atom. The van der Waals surface area contributed by atoms with E-state index in [2.05, 4.69) is 15.4 Å². The van der Waals surface area contributed by atoms with Crippen LogP contribution < -0.4 is 0 Å². The van der Waals surface area contributed by atoms with Crippen LogP contribution in [0, 0.1) is 0 Å². The third-order valence-corrected chi connectivity index (χ3v) is 3.54. The lowest BCUT2D eigenvalue weighted by Crippen LogP contribution is -2.26. The van der Waals surface area contributed by atoms with E-state index in [1.54, 1.807) is 42.3 Å². The van der Waals surface area contributed by atoms with Gasteiger partial charge in [0.05, 0.1) is 11.1 Å². The molecule has 0 aliphatic rings. The SMILES string of the molecule is CN(Cc1ccc(C(=O)O)cc1)C(=O)c1ccc2[nH]nnc2c1. The number of aromatic nitrogens is 3. The molecule has 0 unspecified atom stereocenters. The Hall–Kier alpha value is -3.22. The molecule has 0 saturated heterocycles. The van der Waals surface area contributed by atoms with E-state index in [1.165, 1.54) is 12.1 Å². The molecular formula is C16H14N4O3. The van der Waals surface area contributed by atoms with Gasteiger partial charge in [0.2, 0.25) is 0 Å². The van der Waals surface area contributed by atoms with E-state index in [9.17, 15) is 9.59 Å². The van der Waals surface area contributed by atoms with E-state index in [1.807, 2.05) is 0 Å². The van der Waals surface area contributed by atoms with Gasteiger partial charge in [-0.25, -0.2) is 4.79 Å². The summed E-state index contributed by atoms with van der Waals surface area (Å²) < 4.78 is 0. The second-order valence-corrected chi connectivity index (χ2v) is 5.21. The molecule has 23 heavy (non-hydrogen) atoms. The van der Waals surface area contributed by atoms with Crippen molar-refractivity contribution in [3.8, 4) is 0 Å². The summed E-state index contributed by atoms with van der Waals surface area (Å²) in [4.78, 5) is 24.9. The Morgan fingerprint density at radius 1 is 1.13 bits per heavy atom. The summed E-state index contributed by atoms with van der Waals surface area (Å²) in [6, 6.07) is 11.6. The number of hydrogen-bond donors (Lipinski definition) is 2. The molecule has 0 aliphatic heterocycles. The number of carboxylic acids is 1. The van der Waals surface area contributed by atoms with Gasteiger partial charge < -0.3 is 10.0 Å². The van der Waals surface area contributed by atoms with Gasteiger partial charge in [-0.15, -0.1) is 5.10 Å². The van der Waals surface area contributed by atoms with Crippen molar-refractivity contribution >= 4 is 22.9 Å². The van der Waals surface area contributed by atoms with Crippen molar-refractivity contribution in [1.29, 1.82) is 0 Å². The first-order valence-corrected chi connectivity index (χ1v) is 6.93. The maximum Gasteiger partial charge on any atom is 0.335 e. The van der Waals surface area contributed by atoms with Gasteiger partial charge in [-0.2, -0.15) is 0 Å². The minimum atomic E-state index is -0.970. The van der Waals surface area contributed by atoms with Gasteiger partial charge in [-0.3, -0.25) is 9.89 Å². The van der Waals surface area contributed by atoms with Crippen molar-refractivity contribution in [3.63, 3.8) is 0 Å². The van der Waals surface area contributed by atoms with E-state index < -0.39 is 5.97 Å². The molecule has 0 saturated carbocycles. The normalized spacial score (nSPS) is 10.7. The Balaban J connectivity index is 1.75. The average Bonchev–Trinajstić information content (AvgIpc) is 3.02. The molecule has 3 rings (SSSR count). The molecule has 0 atom stereocenters. The van der Waals surface area contributed by atoms with Crippen molar-refractivity contribution in [2.45, 2.75) is 6.54 Å². The van der Waals surface area contributed by atoms with Crippen LogP contribution in [0.25, 0.3) is 11.0 Å². The predicted molar refractivity (Wildman–Crippen MR) is 83.1 cm³/mol. The van der Waals surface area contributed by atoms with Crippen LogP contribution in [0.5, 0.6) is 0 Å². The van der Waals surface area contributed by atoms with Crippen molar-refractivity contribution in [3.05, 3.63) is 59.2 Å². The molecule has 3 aromatic rings. The number of nitrogens with zero attached hydrogens (tertiary/aromatic N) is 3. The molecule has 2 N–H and O–H groups in total. The van der Waals surface area contributed by atoms with Gasteiger partial charge in [0.25, 0.3) is 5.91 Å². The summed E-state index contributed by atoms with van der Waals surface area (Å²) in [6.45, 7) is 0.385. The number of carbonyl (C=O) groups excluding carboxylic acids is 1. The summed E-state index contributed by atoms with van der Waals surface area (Å²) in [5.41, 5.74) is 3.01. The standard InChI is InChI=1S/C16H14N4O3/c1-20(9-10-2-4-11(5-3-10)16(22)23)15(21)12-6-7-13-14(8-12)18-19-17-13/h2-8H,9H2,1H3,(H,22,23)(H,17,18,19). The summed E-state index contributed by atoms with van der Waals surface area (Å²) >= 11 is 0. The molecule has 116 valence electrons. The van der Waals surface area contributed by atoms with Crippen LogP contribution in [0.1, 0.15) is 26.3 Å². The number of H-pyrrole nitrogens is 1. The first-order chi connectivity index (χ1) is 11.0. The molecule has 0 bridgehead atoms. The minimum Gasteiger partial charge on any atom is -0.478 e. The predicted octanol–water partition coefficient (Wildman–Crippen LogP) is 1.93. The summed E-state index contributed by atoms with van der Waals surface area (Å²) in [6.07, 6.45) is 0. The number of benzene rings is 2. The van der Waals surface area contributed by atoms with Crippen LogP contribution in [0.4, 0.5) is 0 Å². The molecule has 2 aromatic carbocycles. The number of carbonyl (C=O) groups is 2. The fourth-order valence-corrected chi connectivity index (χ4v) is 2.29. The monoisotopic (exact) mass is 310 g/mol. The van der Waals surface area contributed by atoms with Crippen LogP contribution in [0.3, 0.4) is 0 Å². The van der Waals surface area contributed by atoms with E-state index >= 15 is 0 Å². The lowest BCUT2D eigenvalue weighted by atomic mass is 10.1. The number of nitrogens with one attached hydrogen (secondary N) is 1. The average molecular weight is 310 g/mol. The molecule has 7 nitrogen and oxygen atoms in total. The zero-order valence-electron chi connectivity index (χ0n) is 12.4. The van der Waals surface area contributed by atoms with Crippen LogP contribution in [-0.4, -0.2) is 44.3 Å². The van der Waals surface area contributed by atoms with Gasteiger partial charge in [-0.1, -0.05) is 17.3 Å². The zero-order valence-corrected chi connectivity index (χ0v) is 12.4. The van der Waals surface area contributed by atoms with Gasteiger partial charge in [0, 0.05) is 19.2 Å². The van der Waals surface area contributed by atoms with Crippen molar-refractivity contribution in [2.75, 3.05) is 7.05 Å². The molecule has 1 aromatic heterocycles. The molecule has 1 amide bonds. The third kappa shape index (κ3) is 3.03. The second-order valence-electron chi connectivity index (χ2n) is 5.21. The smallest absolute Gasteiger partial charge is 0.335 e. The maximum atomic E-state index is 12.5. The Labute approximate surface area is 131 Å². The van der Waals surface area contributed by atoms with Crippen LogP contribution in [-0.2, 0) is 6.54 Å². The quantitative estimate of drug-likeness (QED) is 0.767. The molecule has 0 spiro atoms. The molecule has 0 radical (unpaired) electrons.